The topological polar surface area (TPSA) is 93.5 Å². The van der Waals surface area contributed by atoms with E-state index in [0.717, 1.165) is 23.8 Å². The fourth-order valence-electron chi connectivity index (χ4n) is 4.64. The molecule has 0 spiro atoms. The molecule has 5 heterocycles. The lowest BCUT2D eigenvalue weighted by molar-refractivity contribution is 0.268. The molecule has 2 N–H and O–H groups in total. The van der Waals surface area contributed by atoms with Crippen molar-refractivity contribution in [2.45, 2.75) is 32.7 Å². The van der Waals surface area contributed by atoms with Crippen LogP contribution in [0.4, 0.5) is 10.2 Å². The number of ether oxygens (including phenoxy) is 1. The molecule has 1 aliphatic rings. The zero-order valence-electron chi connectivity index (χ0n) is 19.2. The monoisotopic (exact) mass is 457 g/mol. The average Bonchev–Trinajstić information content (AvgIpc) is 3.44. The van der Waals surface area contributed by atoms with Crippen LogP contribution in [0.2, 0.25) is 0 Å². The Bertz CT molecular complexity index is 1550. The number of benzene rings is 1. The number of anilines is 1. The van der Waals surface area contributed by atoms with E-state index in [-0.39, 0.29) is 5.54 Å². The number of aryl methyl sites for hydroxylation is 1. The molecule has 0 fully saturated rings. The van der Waals surface area contributed by atoms with Crippen LogP contribution in [-0.2, 0) is 12.0 Å². The number of imidazole rings is 1. The zero-order chi connectivity index (χ0) is 23.4. The van der Waals surface area contributed by atoms with Crippen molar-refractivity contribution in [3.05, 3.63) is 59.8 Å². The highest BCUT2D eigenvalue weighted by atomic mass is 19.1. The first-order valence-corrected chi connectivity index (χ1v) is 11.3. The molecule has 172 valence electrons. The Labute approximate surface area is 195 Å². The summed E-state index contributed by atoms with van der Waals surface area (Å²) >= 11 is 0. The summed E-state index contributed by atoms with van der Waals surface area (Å²) in [6, 6.07) is 10.2. The zero-order valence-corrected chi connectivity index (χ0v) is 19.2. The highest BCUT2D eigenvalue weighted by Gasteiger charge is 2.36. The smallest absolute Gasteiger partial charge is 0.299 e. The van der Waals surface area contributed by atoms with Crippen LogP contribution >= 0.6 is 0 Å². The van der Waals surface area contributed by atoms with E-state index in [9.17, 15) is 4.39 Å². The SMILES string of the molecule is Cc1[nH]c2ccccc2c1CCNc1nc(-c2cncc(F)c2)nc2c1nc1n2C(C)(C)CO1. The number of aromatic amines is 1. The third kappa shape index (κ3) is 3.27. The van der Waals surface area contributed by atoms with E-state index in [1.165, 1.54) is 17.0 Å². The predicted molar refractivity (Wildman–Crippen MR) is 129 cm³/mol. The van der Waals surface area contributed by atoms with E-state index in [4.69, 9.17) is 14.7 Å². The van der Waals surface area contributed by atoms with Crippen molar-refractivity contribution in [1.29, 1.82) is 0 Å². The summed E-state index contributed by atoms with van der Waals surface area (Å²) in [5.41, 5.74) is 5.02. The number of pyridine rings is 1. The number of para-hydroxylation sites is 1. The molecule has 0 radical (unpaired) electrons. The van der Waals surface area contributed by atoms with Gasteiger partial charge in [-0.2, -0.15) is 4.98 Å². The maximum atomic E-state index is 13.9. The Morgan fingerprint density at radius 3 is 2.88 bits per heavy atom. The molecule has 0 unspecified atom stereocenters. The predicted octanol–water partition coefficient (Wildman–Crippen LogP) is 4.60. The lowest BCUT2D eigenvalue weighted by atomic mass is 10.1. The third-order valence-electron chi connectivity index (χ3n) is 6.29. The number of fused-ring (bicyclic) bond motifs is 4. The van der Waals surface area contributed by atoms with Crippen LogP contribution in [0.25, 0.3) is 33.5 Å². The van der Waals surface area contributed by atoms with Gasteiger partial charge in [0.1, 0.15) is 12.4 Å². The van der Waals surface area contributed by atoms with Crippen molar-refractivity contribution < 1.29 is 9.13 Å². The highest BCUT2D eigenvalue weighted by Crippen LogP contribution is 2.37. The largest absolute Gasteiger partial charge is 0.462 e. The molecule has 4 aromatic heterocycles. The van der Waals surface area contributed by atoms with Crippen molar-refractivity contribution in [2.75, 3.05) is 18.5 Å². The summed E-state index contributed by atoms with van der Waals surface area (Å²) < 4.78 is 21.7. The van der Waals surface area contributed by atoms with Gasteiger partial charge in [0.15, 0.2) is 22.8 Å². The second-order valence-electron chi connectivity index (χ2n) is 9.24. The van der Waals surface area contributed by atoms with Crippen molar-refractivity contribution >= 4 is 27.9 Å². The third-order valence-corrected chi connectivity index (χ3v) is 6.29. The van der Waals surface area contributed by atoms with Gasteiger partial charge in [-0.25, -0.2) is 14.4 Å². The van der Waals surface area contributed by atoms with E-state index < -0.39 is 5.82 Å². The number of hydrogen-bond acceptors (Lipinski definition) is 6. The van der Waals surface area contributed by atoms with Crippen LogP contribution < -0.4 is 10.1 Å². The van der Waals surface area contributed by atoms with Crippen molar-refractivity contribution in [1.82, 2.24) is 29.5 Å². The quantitative estimate of drug-likeness (QED) is 0.401. The highest BCUT2D eigenvalue weighted by molar-refractivity contribution is 5.87. The van der Waals surface area contributed by atoms with Gasteiger partial charge in [-0.15, -0.1) is 0 Å². The number of rotatable bonds is 5. The minimum atomic E-state index is -0.437. The summed E-state index contributed by atoms with van der Waals surface area (Å²) in [5, 5.41) is 4.67. The molecule has 6 rings (SSSR count). The molecule has 0 bridgehead atoms. The molecule has 8 nitrogen and oxygen atoms in total. The molecule has 0 saturated heterocycles. The number of hydrogen-bond donors (Lipinski definition) is 2. The second kappa shape index (κ2) is 7.51. The fourth-order valence-corrected chi connectivity index (χ4v) is 4.64. The molecular formula is C25H24FN7O. The summed E-state index contributed by atoms with van der Waals surface area (Å²) in [6.45, 7) is 7.38. The first-order chi connectivity index (χ1) is 16.4. The molecule has 0 saturated carbocycles. The standard InChI is InChI=1S/C25H24FN7O/c1-14-17(18-6-4-5-7-19(18)29-14)8-9-28-22-20-23(33-24(30-20)34-13-25(33,2)3)32-21(31-22)15-10-16(26)12-27-11-15/h4-7,10-12,29H,8-9,13H2,1-3H3,(H,28,31,32). The van der Waals surface area contributed by atoms with Gasteiger partial charge in [0.25, 0.3) is 6.01 Å². The van der Waals surface area contributed by atoms with Gasteiger partial charge in [0.05, 0.1) is 11.7 Å². The molecule has 1 aromatic carbocycles. The Balaban J connectivity index is 1.40. The molecule has 1 aliphatic heterocycles. The minimum Gasteiger partial charge on any atom is -0.462 e. The maximum absolute atomic E-state index is 13.9. The van der Waals surface area contributed by atoms with Gasteiger partial charge in [0, 0.05) is 34.9 Å². The van der Waals surface area contributed by atoms with Crippen LogP contribution in [0.1, 0.15) is 25.1 Å². The molecule has 5 aromatic rings. The molecule has 0 amide bonds. The number of nitrogens with zero attached hydrogens (tertiary/aromatic N) is 5. The molecule has 34 heavy (non-hydrogen) atoms. The normalized spacial score (nSPS) is 14.5. The van der Waals surface area contributed by atoms with Crippen LogP contribution in [0.3, 0.4) is 0 Å². The van der Waals surface area contributed by atoms with Crippen LogP contribution in [0.15, 0.2) is 42.7 Å². The Morgan fingerprint density at radius 1 is 1.18 bits per heavy atom. The van der Waals surface area contributed by atoms with E-state index in [2.05, 4.69) is 53.2 Å². The maximum Gasteiger partial charge on any atom is 0.299 e. The minimum absolute atomic E-state index is 0.311. The van der Waals surface area contributed by atoms with Gasteiger partial charge in [-0.3, -0.25) is 9.55 Å². The summed E-state index contributed by atoms with van der Waals surface area (Å²) in [5.74, 6) is 0.534. The summed E-state index contributed by atoms with van der Waals surface area (Å²) in [7, 11) is 0. The average molecular weight is 458 g/mol. The summed E-state index contributed by atoms with van der Waals surface area (Å²) in [6.07, 6.45) is 3.53. The van der Waals surface area contributed by atoms with Gasteiger partial charge < -0.3 is 15.0 Å². The first-order valence-electron chi connectivity index (χ1n) is 11.3. The lowest BCUT2D eigenvalue weighted by Gasteiger charge is -2.18. The number of aromatic nitrogens is 6. The van der Waals surface area contributed by atoms with Crippen molar-refractivity contribution in [2.24, 2.45) is 0 Å². The number of halogens is 1. The van der Waals surface area contributed by atoms with Gasteiger partial charge in [-0.05, 0) is 44.9 Å². The van der Waals surface area contributed by atoms with E-state index in [1.54, 1.807) is 6.20 Å². The molecule has 0 atom stereocenters. The Kier molecular flexibility index (Phi) is 4.55. The van der Waals surface area contributed by atoms with E-state index >= 15 is 0 Å². The molecular weight excluding hydrogens is 433 g/mol. The molecule has 9 heteroatoms. The van der Waals surface area contributed by atoms with Gasteiger partial charge in [-0.1, -0.05) is 18.2 Å². The van der Waals surface area contributed by atoms with Gasteiger partial charge >= 0.3 is 0 Å². The van der Waals surface area contributed by atoms with E-state index in [1.807, 2.05) is 16.7 Å². The van der Waals surface area contributed by atoms with Crippen molar-refractivity contribution in [3.8, 4) is 17.4 Å². The Morgan fingerprint density at radius 2 is 2.03 bits per heavy atom. The lowest BCUT2D eigenvalue weighted by Crippen LogP contribution is -2.26. The van der Waals surface area contributed by atoms with Gasteiger partial charge in [0.2, 0.25) is 0 Å². The van der Waals surface area contributed by atoms with E-state index in [0.29, 0.717) is 47.5 Å². The van der Waals surface area contributed by atoms with Crippen molar-refractivity contribution in [3.63, 3.8) is 0 Å². The Hall–Kier alpha value is -4.01. The van der Waals surface area contributed by atoms with Crippen LogP contribution in [0, 0.1) is 12.7 Å². The number of H-pyrrole nitrogens is 1. The number of nitrogens with one attached hydrogen (secondary N) is 2. The fraction of sp³-hybridized carbons (Fsp3) is 0.280. The molecule has 0 aliphatic carbocycles. The second-order valence-corrected chi connectivity index (χ2v) is 9.24. The van der Waals surface area contributed by atoms with Crippen LogP contribution in [-0.4, -0.2) is 42.6 Å². The first kappa shape index (κ1) is 20.6. The van der Waals surface area contributed by atoms with Crippen LogP contribution in [0.5, 0.6) is 6.01 Å². The summed E-state index contributed by atoms with van der Waals surface area (Å²) in [4.78, 5) is 21.6.